The van der Waals surface area contributed by atoms with Gasteiger partial charge in [0.05, 0.1) is 24.0 Å². The summed E-state index contributed by atoms with van der Waals surface area (Å²) in [4.78, 5) is 10.6. The van der Waals surface area contributed by atoms with Crippen LogP contribution in [0.2, 0.25) is 5.02 Å². The molecule has 13 heavy (non-hydrogen) atoms. The standard InChI is InChI=1S/C7H2Br3ClO2/c8-3-2(1-12)7(13)5(10)4(9)6(3)11/h1,13H. The van der Waals surface area contributed by atoms with E-state index in [1.807, 2.05) is 0 Å². The number of benzene rings is 1. The number of phenols is 1. The van der Waals surface area contributed by atoms with Crippen LogP contribution in [0.3, 0.4) is 0 Å². The molecule has 0 bridgehead atoms. The Balaban J connectivity index is 3.66. The number of carbonyl (C=O) groups excluding carboxylic acids is 1. The summed E-state index contributed by atoms with van der Waals surface area (Å²) in [6.07, 6.45) is 0.530. The molecule has 2 nitrogen and oxygen atoms in total. The number of aldehydes is 1. The van der Waals surface area contributed by atoms with Gasteiger partial charge in [-0.05, 0) is 47.8 Å². The number of phenolic OH excluding ortho intramolecular Hbond substituents is 1. The van der Waals surface area contributed by atoms with Gasteiger partial charge in [0.2, 0.25) is 0 Å². The molecule has 0 aliphatic rings. The van der Waals surface area contributed by atoms with E-state index in [1.165, 1.54) is 0 Å². The zero-order valence-corrected chi connectivity index (χ0v) is 11.5. The van der Waals surface area contributed by atoms with Crippen LogP contribution in [-0.2, 0) is 0 Å². The van der Waals surface area contributed by atoms with Gasteiger partial charge >= 0.3 is 0 Å². The van der Waals surface area contributed by atoms with Gasteiger partial charge in [-0.25, -0.2) is 0 Å². The quantitative estimate of drug-likeness (QED) is 0.442. The van der Waals surface area contributed by atoms with Crippen LogP contribution in [-0.4, -0.2) is 11.4 Å². The summed E-state index contributed by atoms with van der Waals surface area (Å²) in [6, 6.07) is 0. The van der Waals surface area contributed by atoms with Crippen LogP contribution in [0.25, 0.3) is 0 Å². The summed E-state index contributed by atoms with van der Waals surface area (Å²) in [7, 11) is 0. The van der Waals surface area contributed by atoms with Crippen LogP contribution in [0.4, 0.5) is 0 Å². The summed E-state index contributed by atoms with van der Waals surface area (Å²) in [6.45, 7) is 0. The van der Waals surface area contributed by atoms with Crippen LogP contribution in [0.5, 0.6) is 5.75 Å². The molecule has 6 heteroatoms. The third-order valence-corrected chi connectivity index (χ3v) is 5.15. The minimum Gasteiger partial charge on any atom is -0.506 e. The number of hydrogen-bond donors (Lipinski definition) is 1. The van der Waals surface area contributed by atoms with Gasteiger partial charge in [-0.3, -0.25) is 4.79 Å². The summed E-state index contributed by atoms with van der Waals surface area (Å²) in [5.74, 6) is -0.141. The van der Waals surface area contributed by atoms with E-state index in [0.717, 1.165) is 0 Å². The number of halogens is 4. The van der Waals surface area contributed by atoms with Gasteiger partial charge in [0, 0.05) is 0 Å². The van der Waals surface area contributed by atoms with E-state index in [0.29, 0.717) is 24.7 Å². The first-order valence-electron chi connectivity index (χ1n) is 3.00. The normalized spacial score (nSPS) is 10.2. The van der Waals surface area contributed by atoms with Crippen LogP contribution in [0.15, 0.2) is 13.4 Å². The van der Waals surface area contributed by atoms with Gasteiger partial charge in [-0.1, -0.05) is 11.6 Å². The average Bonchev–Trinajstić information content (AvgIpc) is 2.13. The van der Waals surface area contributed by atoms with Crippen molar-refractivity contribution in [3.8, 4) is 5.75 Å². The topological polar surface area (TPSA) is 37.3 Å². The molecule has 0 spiro atoms. The molecule has 70 valence electrons. The van der Waals surface area contributed by atoms with Crippen molar-refractivity contribution in [3.05, 3.63) is 24.0 Å². The highest BCUT2D eigenvalue weighted by Crippen LogP contribution is 2.44. The van der Waals surface area contributed by atoms with Crippen molar-refractivity contribution < 1.29 is 9.90 Å². The Kier molecular flexibility index (Phi) is 3.80. The summed E-state index contributed by atoms with van der Waals surface area (Å²) in [5.41, 5.74) is 0.125. The molecule has 0 heterocycles. The Hall–Kier alpha value is 0.420. The fraction of sp³-hybridized carbons (Fsp3) is 0. The van der Waals surface area contributed by atoms with Crippen LogP contribution < -0.4 is 0 Å². The molecule has 1 aromatic rings. The summed E-state index contributed by atoms with van der Waals surface area (Å²) < 4.78 is 1.24. The van der Waals surface area contributed by atoms with E-state index in [9.17, 15) is 9.90 Å². The highest BCUT2D eigenvalue weighted by atomic mass is 79.9. The molecule has 0 amide bonds. The SMILES string of the molecule is O=Cc1c(O)c(Br)c(Br)c(Cl)c1Br. The first kappa shape index (κ1) is 11.5. The van der Waals surface area contributed by atoms with Gasteiger partial charge < -0.3 is 5.11 Å². The molecule has 0 radical (unpaired) electrons. The third kappa shape index (κ3) is 1.93. The van der Waals surface area contributed by atoms with E-state index < -0.39 is 0 Å². The molecule has 1 N–H and O–H groups in total. The highest BCUT2D eigenvalue weighted by Gasteiger charge is 2.17. The van der Waals surface area contributed by atoms with Crippen molar-refractivity contribution in [3.63, 3.8) is 0 Å². The summed E-state index contributed by atoms with van der Waals surface area (Å²) >= 11 is 15.2. The lowest BCUT2D eigenvalue weighted by Gasteiger charge is -2.08. The molecule has 0 atom stereocenters. The van der Waals surface area contributed by atoms with Crippen molar-refractivity contribution in [1.29, 1.82) is 0 Å². The lowest BCUT2D eigenvalue weighted by molar-refractivity contribution is 0.112. The minimum absolute atomic E-state index is 0.125. The van der Waals surface area contributed by atoms with Crippen LogP contribution >= 0.6 is 59.4 Å². The molecule has 0 aromatic heterocycles. The molecule has 0 fully saturated rings. The number of rotatable bonds is 1. The Morgan fingerprint density at radius 3 is 2.15 bits per heavy atom. The smallest absolute Gasteiger partial charge is 0.155 e. The van der Waals surface area contributed by atoms with Gasteiger partial charge in [0.25, 0.3) is 0 Å². The Labute approximate surface area is 105 Å². The lowest BCUT2D eigenvalue weighted by atomic mass is 10.2. The fourth-order valence-corrected chi connectivity index (χ4v) is 2.60. The van der Waals surface area contributed by atoms with E-state index >= 15 is 0 Å². The van der Waals surface area contributed by atoms with Crippen molar-refractivity contribution in [2.75, 3.05) is 0 Å². The summed E-state index contributed by atoms with van der Waals surface area (Å²) in [5, 5.41) is 9.83. The maximum atomic E-state index is 10.6. The molecule has 1 aromatic carbocycles. The molecule has 1 rings (SSSR count). The largest absolute Gasteiger partial charge is 0.506 e. The van der Waals surface area contributed by atoms with Crippen molar-refractivity contribution >= 4 is 65.7 Å². The Morgan fingerprint density at radius 2 is 1.69 bits per heavy atom. The highest BCUT2D eigenvalue weighted by molar-refractivity contribution is 9.13. The van der Waals surface area contributed by atoms with E-state index in [4.69, 9.17) is 11.6 Å². The Morgan fingerprint density at radius 1 is 1.15 bits per heavy atom. The second-order valence-corrected chi connectivity index (χ2v) is 4.89. The number of aromatic hydroxyl groups is 1. The molecule has 0 saturated heterocycles. The molecule has 0 aliphatic carbocycles. The van der Waals surface area contributed by atoms with E-state index in [2.05, 4.69) is 47.8 Å². The monoisotopic (exact) mass is 390 g/mol. The van der Waals surface area contributed by atoms with Crippen LogP contribution in [0, 0.1) is 0 Å². The van der Waals surface area contributed by atoms with Crippen LogP contribution in [0.1, 0.15) is 10.4 Å². The van der Waals surface area contributed by atoms with E-state index in [-0.39, 0.29) is 11.3 Å². The molecule has 0 aliphatic heterocycles. The first-order valence-corrected chi connectivity index (χ1v) is 5.76. The minimum atomic E-state index is -0.141. The predicted octanol–water partition coefficient (Wildman–Crippen LogP) is 4.15. The van der Waals surface area contributed by atoms with Crippen molar-refractivity contribution in [1.82, 2.24) is 0 Å². The number of hydrogen-bond acceptors (Lipinski definition) is 2. The second-order valence-electron chi connectivity index (χ2n) is 2.14. The molecular formula is C7H2Br3ClO2. The van der Waals surface area contributed by atoms with Gasteiger partial charge in [0.15, 0.2) is 6.29 Å². The molecule has 0 saturated carbocycles. The van der Waals surface area contributed by atoms with E-state index in [1.54, 1.807) is 0 Å². The zero-order chi connectivity index (χ0) is 10.2. The van der Waals surface area contributed by atoms with Crippen molar-refractivity contribution in [2.24, 2.45) is 0 Å². The first-order chi connectivity index (χ1) is 6.00. The maximum absolute atomic E-state index is 10.6. The fourth-order valence-electron chi connectivity index (χ4n) is 0.745. The van der Waals surface area contributed by atoms with Gasteiger partial charge in [-0.15, -0.1) is 0 Å². The molecule has 0 unspecified atom stereocenters. The zero-order valence-electron chi connectivity index (χ0n) is 5.94. The Bertz CT molecular complexity index is 349. The van der Waals surface area contributed by atoms with Crippen molar-refractivity contribution in [2.45, 2.75) is 0 Å². The second kappa shape index (κ2) is 4.29. The maximum Gasteiger partial charge on any atom is 0.155 e. The molecular weight excluding hydrogens is 391 g/mol. The van der Waals surface area contributed by atoms with Gasteiger partial charge in [-0.2, -0.15) is 0 Å². The average molecular weight is 393 g/mol. The third-order valence-electron chi connectivity index (χ3n) is 1.40. The number of carbonyl (C=O) groups is 1. The van der Waals surface area contributed by atoms with Gasteiger partial charge in [0.1, 0.15) is 5.75 Å². The lowest BCUT2D eigenvalue weighted by Crippen LogP contribution is -1.88. The predicted molar refractivity (Wildman–Crippen MR) is 61.6 cm³/mol.